The van der Waals surface area contributed by atoms with Crippen molar-refractivity contribution in [2.24, 2.45) is 5.73 Å². The standard InChI is InChI=1S/C14H12FN5/c1-8-3-13(10(9(2)18)4-11(8)15)20-7-19-12(5-16)14(20)6-17/h3-4,7,9H,18H2,1-2H3/t9-/m1/s1. The van der Waals surface area contributed by atoms with Gasteiger partial charge >= 0.3 is 0 Å². The highest BCUT2D eigenvalue weighted by Crippen LogP contribution is 2.25. The number of rotatable bonds is 2. The molecule has 0 saturated carbocycles. The van der Waals surface area contributed by atoms with Crippen LogP contribution in [0.3, 0.4) is 0 Å². The van der Waals surface area contributed by atoms with Crippen molar-refractivity contribution < 1.29 is 4.39 Å². The van der Waals surface area contributed by atoms with E-state index >= 15 is 0 Å². The molecule has 2 rings (SSSR count). The number of nitrogens with zero attached hydrogens (tertiary/aromatic N) is 4. The summed E-state index contributed by atoms with van der Waals surface area (Å²) < 4.78 is 15.2. The van der Waals surface area contributed by atoms with Crippen LogP contribution in [0, 0.1) is 35.4 Å². The zero-order chi connectivity index (χ0) is 14.9. The normalized spacial score (nSPS) is 11.7. The molecule has 1 aromatic heterocycles. The lowest BCUT2D eigenvalue weighted by Gasteiger charge is -2.15. The molecule has 1 aromatic carbocycles. The molecule has 0 saturated heterocycles. The third-order valence-electron chi connectivity index (χ3n) is 3.04. The fourth-order valence-corrected chi connectivity index (χ4v) is 1.97. The van der Waals surface area contributed by atoms with Gasteiger partial charge in [0, 0.05) is 6.04 Å². The summed E-state index contributed by atoms with van der Waals surface area (Å²) in [4.78, 5) is 3.88. The van der Waals surface area contributed by atoms with Crippen LogP contribution in [0.4, 0.5) is 4.39 Å². The number of nitrogens with two attached hydrogens (primary N) is 1. The number of hydrogen-bond acceptors (Lipinski definition) is 4. The van der Waals surface area contributed by atoms with Crippen LogP contribution in [0.2, 0.25) is 0 Å². The number of benzene rings is 1. The molecule has 0 aliphatic carbocycles. The summed E-state index contributed by atoms with van der Waals surface area (Å²) in [6.45, 7) is 3.35. The summed E-state index contributed by atoms with van der Waals surface area (Å²) in [5.41, 5.74) is 7.54. The summed E-state index contributed by atoms with van der Waals surface area (Å²) in [7, 11) is 0. The minimum Gasteiger partial charge on any atom is -0.324 e. The maximum Gasteiger partial charge on any atom is 0.177 e. The van der Waals surface area contributed by atoms with Crippen molar-refractivity contribution in [3.8, 4) is 17.8 Å². The summed E-state index contributed by atoms with van der Waals surface area (Å²) in [6.07, 6.45) is 1.37. The van der Waals surface area contributed by atoms with Crippen LogP contribution in [0.15, 0.2) is 18.5 Å². The smallest absolute Gasteiger partial charge is 0.177 e. The first kappa shape index (κ1) is 13.7. The molecule has 0 radical (unpaired) electrons. The first-order valence-electron chi connectivity index (χ1n) is 5.93. The van der Waals surface area contributed by atoms with Crippen molar-refractivity contribution >= 4 is 0 Å². The Morgan fingerprint density at radius 1 is 1.35 bits per heavy atom. The summed E-state index contributed by atoms with van der Waals surface area (Å²) in [5, 5.41) is 18.1. The van der Waals surface area contributed by atoms with E-state index in [2.05, 4.69) is 4.98 Å². The Balaban J connectivity index is 2.77. The van der Waals surface area contributed by atoms with Gasteiger partial charge in [0.2, 0.25) is 0 Å². The summed E-state index contributed by atoms with van der Waals surface area (Å²) >= 11 is 0. The molecule has 100 valence electrons. The van der Waals surface area contributed by atoms with E-state index in [0.717, 1.165) is 0 Å². The highest BCUT2D eigenvalue weighted by atomic mass is 19.1. The van der Waals surface area contributed by atoms with Crippen molar-refractivity contribution in [2.75, 3.05) is 0 Å². The number of nitriles is 2. The van der Waals surface area contributed by atoms with Gasteiger partial charge in [0.05, 0.1) is 5.69 Å². The Kier molecular flexibility index (Phi) is 3.51. The van der Waals surface area contributed by atoms with Gasteiger partial charge in [-0.1, -0.05) is 0 Å². The van der Waals surface area contributed by atoms with Crippen LogP contribution in [0.5, 0.6) is 0 Å². The second-order valence-electron chi connectivity index (χ2n) is 4.48. The zero-order valence-electron chi connectivity index (χ0n) is 11.1. The van der Waals surface area contributed by atoms with Crippen LogP contribution < -0.4 is 5.73 Å². The molecular weight excluding hydrogens is 257 g/mol. The van der Waals surface area contributed by atoms with Crippen molar-refractivity contribution in [3.63, 3.8) is 0 Å². The van der Waals surface area contributed by atoms with E-state index in [1.54, 1.807) is 19.9 Å². The van der Waals surface area contributed by atoms with E-state index in [-0.39, 0.29) is 17.2 Å². The fourth-order valence-electron chi connectivity index (χ4n) is 1.97. The molecule has 1 heterocycles. The molecule has 0 amide bonds. The zero-order valence-corrected chi connectivity index (χ0v) is 11.1. The molecule has 0 aliphatic rings. The van der Waals surface area contributed by atoms with E-state index in [9.17, 15) is 4.39 Å². The van der Waals surface area contributed by atoms with Crippen molar-refractivity contribution in [3.05, 3.63) is 46.8 Å². The van der Waals surface area contributed by atoms with Gasteiger partial charge in [-0.05, 0) is 37.1 Å². The summed E-state index contributed by atoms with van der Waals surface area (Å²) in [6, 6.07) is 6.32. The van der Waals surface area contributed by atoms with Gasteiger partial charge < -0.3 is 5.73 Å². The van der Waals surface area contributed by atoms with Crippen LogP contribution >= 0.6 is 0 Å². The first-order chi connectivity index (χ1) is 9.49. The van der Waals surface area contributed by atoms with Gasteiger partial charge in [0.25, 0.3) is 0 Å². The second-order valence-corrected chi connectivity index (χ2v) is 4.48. The molecule has 0 aliphatic heterocycles. The van der Waals surface area contributed by atoms with Crippen LogP contribution in [0.25, 0.3) is 5.69 Å². The number of aromatic nitrogens is 2. The lowest BCUT2D eigenvalue weighted by molar-refractivity contribution is 0.612. The minimum atomic E-state index is -0.417. The predicted octanol–water partition coefficient (Wildman–Crippen LogP) is 2.08. The largest absolute Gasteiger partial charge is 0.324 e. The van der Waals surface area contributed by atoms with Gasteiger partial charge in [-0.2, -0.15) is 10.5 Å². The molecule has 20 heavy (non-hydrogen) atoms. The van der Waals surface area contributed by atoms with E-state index < -0.39 is 6.04 Å². The lowest BCUT2D eigenvalue weighted by atomic mass is 10.0. The number of aryl methyl sites for hydroxylation is 1. The molecular formula is C14H12FN5. The average molecular weight is 269 g/mol. The Morgan fingerprint density at radius 2 is 2.05 bits per heavy atom. The molecule has 0 unspecified atom stereocenters. The van der Waals surface area contributed by atoms with E-state index in [1.165, 1.54) is 17.0 Å². The van der Waals surface area contributed by atoms with Gasteiger partial charge in [0.1, 0.15) is 24.3 Å². The molecule has 2 aromatic rings. The van der Waals surface area contributed by atoms with E-state index in [1.807, 2.05) is 12.1 Å². The fraction of sp³-hybridized carbons (Fsp3) is 0.214. The van der Waals surface area contributed by atoms with Crippen molar-refractivity contribution in [2.45, 2.75) is 19.9 Å². The molecule has 6 heteroatoms. The summed E-state index contributed by atoms with van der Waals surface area (Å²) in [5.74, 6) is -0.361. The third kappa shape index (κ3) is 2.13. The van der Waals surface area contributed by atoms with Gasteiger partial charge in [-0.25, -0.2) is 9.37 Å². The Hall–Kier alpha value is -2.70. The first-order valence-corrected chi connectivity index (χ1v) is 5.93. The topological polar surface area (TPSA) is 91.4 Å². The molecule has 1 atom stereocenters. The van der Waals surface area contributed by atoms with Crippen LogP contribution in [0.1, 0.15) is 35.5 Å². The number of imidazole rings is 1. The highest BCUT2D eigenvalue weighted by Gasteiger charge is 2.17. The van der Waals surface area contributed by atoms with Gasteiger partial charge in [-0.15, -0.1) is 0 Å². The maximum absolute atomic E-state index is 13.7. The Morgan fingerprint density at radius 3 is 2.60 bits per heavy atom. The minimum absolute atomic E-state index is 0.0325. The van der Waals surface area contributed by atoms with E-state index in [4.69, 9.17) is 16.3 Å². The second kappa shape index (κ2) is 5.12. The Labute approximate surface area is 115 Å². The highest BCUT2D eigenvalue weighted by molar-refractivity contribution is 5.51. The molecule has 0 fully saturated rings. The SMILES string of the molecule is Cc1cc(-n2cnc(C#N)c2C#N)c([C@@H](C)N)cc1F. The lowest BCUT2D eigenvalue weighted by Crippen LogP contribution is -2.11. The van der Waals surface area contributed by atoms with Gasteiger partial charge in [-0.3, -0.25) is 4.57 Å². The number of halogens is 1. The molecule has 0 bridgehead atoms. The third-order valence-corrected chi connectivity index (χ3v) is 3.04. The average Bonchev–Trinajstić information content (AvgIpc) is 2.83. The monoisotopic (exact) mass is 269 g/mol. The van der Waals surface area contributed by atoms with Gasteiger partial charge in [0.15, 0.2) is 11.4 Å². The Bertz CT molecular complexity index is 746. The molecule has 2 N–H and O–H groups in total. The van der Waals surface area contributed by atoms with E-state index in [0.29, 0.717) is 16.8 Å². The number of hydrogen-bond donors (Lipinski definition) is 1. The van der Waals surface area contributed by atoms with Crippen LogP contribution in [-0.4, -0.2) is 9.55 Å². The quantitative estimate of drug-likeness (QED) is 0.903. The van der Waals surface area contributed by atoms with Crippen LogP contribution in [-0.2, 0) is 0 Å². The predicted molar refractivity (Wildman–Crippen MR) is 70.3 cm³/mol. The maximum atomic E-state index is 13.7. The molecule has 5 nitrogen and oxygen atoms in total. The van der Waals surface area contributed by atoms with Crippen molar-refractivity contribution in [1.82, 2.24) is 9.55 Å². The molecule has 0 spiro atoms. The van der Waals surface area contributed by atoms with Crippen molar-refractivity contribution in [1.29, 1.82) is 10.5 Å².